The molecular formula is C9H11OP. The predicted octanol–water partition coefficient (Wildman–Crippen LogP) is 1.86. The lowest BCUT2D eigenvalue weighted by Crippen LogP contribution is -2.00. The molecular weight excluding hydrogens is 155 g/mol. The molecule has 0 aliphatic carbocycles. The molecule has 1 aromatic carbocycles. The van der Waals surface area contributed by atoms with Crippen molar-refractivity contribution in [1.29, 1.82) is 0 Å². The van der Waals surface area contributed by atoms with Crippen molar-refractivity contribution >= 4 is 12.4 Å². The Kier molecular flexibility index (Phi) is 1.43. The molecule has 0 N–H and O–H groups in total. The van der Waals surface area contributed by atoms with E-state index in [0.29, 0.717) is 0 Å². The van der Waals surface area contributed by atoms with Crippen molar-refractivity contribution in [2.45, 2.75) is 6.42 Å². The first-order chi connectivity index (χ1) is 5.20. The summed E-state index contributed by atoms with van der Waals surface area (Å²) in [7, 11) is -1.93. The van der Waals surface area contributed by atoms with Crippen LogP contribution in [0.5, 0.6) is 0 Å². The monoisotopic (exact) mass is 166 g/mol. The summed E-state index contributed by atoms with van der Waals surface area (Å²) in [6.07, 6.45) is 1.87. The Balaban J connectivity index is 2.65. The maximum absolute atomic E-state index is 11.8. The van der Waals surface area contributed by atoms with Crippen molar-refractivity contribution in [2.24, 2.45) is 0 Å². The highest BCUT2D eigenvalue weighted by Gasteiger charge is 2.27. The van der Waals surface area contributed by atoms with Crippen molar-refractivity contribution in [3.63, 3.8) is 0 Å². The Hall–Kier alpha value is -0.550. The molecule has 58 valence electrons. The fraction of sp³-hybridized carbons (Fsp3) is 0.333. The van der Waals surface area contributed by atoms with Gasteiger partial charge in [0.2, 0.25) is 0 Å². The van der Waals surface area contributed by atoms with Gasteiger partial charge in [0, 0.05) is 11.5 Å². The molecule has 1 aliphatic heterocycles. The summed E-state index contributed by atoms with van der Waals surface area (Å²) in [5.74, 6) is 0. The summed E-state index contributed by atoms with van der Waals surface area (Å²) in [4.78, 5) is 0. The maximum atomic E-state index is 11.8. The van der Waals surface area contributed by atoms with Crippen molar-refractivity contribution in [3.05, 3.63) is 29.8 Å². The number of rotatable bonds is 0. The summed E-state index contributed by atoms with van der Waals surface area (Å²) in [5.41, 5.74) is 1.29. The lowest BCUT2D eigenvalue weighted by molar-refractivity contribution is 0.586. The van der Waals surface area contributed by atoms with Crippen LogP contribution in [0.15, 0.2) is 24.3 Å². The van der Waals surface area contributed by atoms with E-state index in [9.17, 15) is 4.57 Å². The van der Waals surface area contributed by atoms with Gasteiger partial charge in [-0.05, 0) is 18.6 Å². The third kappa shape index (κ3) is 1.04. The highest BCUT2D eigenvalue weighted by Crippen LogP contribution is 2.45. The zero-order valence-corrected chi connectivity index (χ0v) is 7.47. The molecule has 2 heteroatoms. The zero-order chi connectivity index (χ0) is 7.90. The molecule has 0 bridgehead atoms. The van der Waals surface area contributed by atoms with Gasteiger partial charge < -0.3 is 4.57 Å². The van der Waals surface area contributed by atoms with Gasteiger partial charge >= 0.3 is 0 Å². The molecule has 0 radical (unpaired) electrons. The van der Waals surface area contributed by atoms with E-state index in [4.69, 9.17) is 0 Å². The normalized spacial score (nSPS) is 28.5. The zero-order valence-electron chi connectivity index (χ0n) is 6.58. The van der Waals surface area contributed by atoms with Crippen molar-refractivity contribution < 1.29 is 4.57 Å². The van der Waals surface area contributed by atoms with E-state index in [1.165, 1.54) is 5.56 Å². The van der Waals surface area contributed by atoms with Crippen molar-refractivity contribution in [1.82, 2.24) is 0 Å². The van der Waals surface area contributed by atoms with E-state index < -0.39 is 7.14 Å². The minimum Gasteiger partial charge on any atom is -0.319 e. The van der Waals surface area contributed by atoms with Gasteiger partial charge in [-0.2, -0.15) is 0 Å². The standard InChI is InChI=1S/C9H11OP/c1-11(10)7-6-8-4-2-3-5-9(8)11/h2-5H,6-7H2,1H3. The lowest BCUT2D eigenvalue weighted by Gasteiger charge is -2.03. The summed E-state index contributed by atoms with van der Waals surface area (Å²) in [5, 5.41) is 1.11. The van der Waals surface area contributed by atoms with E-state index in [1.54, 1.807) is 0 Å². The summed E-state index contributed by atoms with van der Waals surface area (Å²) < 4.78 is 11.8. The van der Waals surface area contributed by atoms with Crippen LogP contribution in [-0.4, -0.2) is 12.8 Å². The number of benzene rings is 1. The van der Waals surface area contributed by atoms with E-state index >= 15 is 0 Å². The largest absolute Gasteiger partial charge is 0.319 e. The van der Waals surface area contributed by atoms with E-state index in [-0.39, 0.29) is 0 Å². The molecule has 2 rings (SSSR count). The van der Waals surface area contributed by atoms with Gasteiger partial charge in [-0.1, -0.05) is 24.3 Å². The quantitative estimate of drug-likeness (QED) is 0.537. The smallest absolute Gasteiger partial charge is 0.113 e. The number of aryl methyl sites for hydroxylation is 1. The fourth-order valence-corrected chi connectivity index (χ4v) is 3.74. The average molecular weight is 166 g/mol. The van der Waals surface area contributed by atoms with Crippen LogP contribution >= 0.6 is 7.14 Å². The molecule has 0 spiro atoms. The Labute approximate surface area is 66.8 Å². The Morgan fingerprint density at radius 3 is 2.82 bits per heavy atom. The number of hydrogen-bond acceptors (Lipinski definition) is 1. The summed E-state index contributed by atoms with van der Waals surface area (Å²) >= 11 is 0. The molecule has 0 aromatic heterocycles. The molecule has 1 aromatic rings. The molecule has 1 unspecified atom stereocenters. The summed E-state index contributed by atoms with van der Waals surface area (Å²) in [6, 6.07) is 8.08. The van der Waals surface area contributed by atoms with Crippen LogP contribution in [0.2, 0.25) is 0 Å². The van der Waals surface area contributed by atoms with Gasteiger partial charge in [0.25, 0.3) is 0 Å². The molecule has 11 heavy (non-hydrogen) atoms. The van der Waals surface area contributed by atoms with E-state index in [0.717, 1.165) is 17.9 Å². The predicted molar refractivity (Wildman–Crippen MR) is 48.2 cm³/mol. The number of fused-ring (bicyclic) bond motifs is 1. The molecule has 1 nitrogen and oxygen atoms in total. The van der Waals surface area contributed by atoms with Gasteiger partial charge in [0.05, 0.1) is 0 Å². The van der Waals surface area contributed by atoms with Crippen LogP contribution in [0.25, 0.3) is 0 Å². The Morgan fingerprint density at radius 1 is 1.36 bits per heavy atom. The van der Waals surface area contributed by atoms with Gasteiger partial charge in [-0.15, -0.1) is 0 Å². The second-order valence-electron chi connectivity index (χ2n) is 3.20. The lowest BCUT2D eigenvalue weighted by atomic mass is 10.2. The molecule has 0 fully saturated rings. The third-order valence-electron chi connectivity index (χ3n) is 2.31. The van der Waals surface area contributed by atoms with Gasteiger partial charge in [0.1, 0.15) is 7.14 Å². The highest BCUT2D eigenvalue weighted by atomic mass is 31.2. The second-order valence-corrected chi connectivity index (χ2v) is 6.33. The minimum atomic E-state index is -1.93. The van der Waals surface area contributed by atoms with Crippen molar-refractivity contribution in [3.8, 4) is 0 Å². The third-order valence-corrected chi connectivity index (χ3v) is 4.84. The van der Waals surface area contributed by atoms with Crippen LogP contribution < -0.4 is 5.30 Å². The van der Waals surface area contributed by atoms with Gasteiger partial charge in [0.15, 0.2) is 0 Å². The fourth-order valence-electron chi connectivity index (χ4n) is 1.64. The minimum absolute atomic E-state index is 0.867. The number of hydrogen-bond donors (Lipinski definition) is 0. The van der Waals surface area contributed by atoms with Gasteiger partial charge in [-0.25, -0.2) is 0 Å². The van der Waals surface area contributed by atoms with Crippen LogP contribution in [0.3, 0.4) is 0 Å². The van der Waals surface area contributed by atoms with Gasteiger partial charge in [-0.3, -0.25) is 0 Å². The molecule has 1 aliphatic rings. The molecule has 1 atom stereocenters. The van der Waals surface area contributed by atoms with Crippen LogP contribution in [0.1, 0.15) is 5.56 Å². The second kappa shape index (κ2) is 2.22. The Bertz CT molecular complexity index is 330. The first kappa shape index (κ1) is 7.12. The molecule has 0 amide bonds. The van der Waals surface area contributed by atoms with E-state index in [2.05, 4.69) is 6.07 Å². The molecule has 1 heterocycles. The topological polar surface area (TPSA) is 17.1 Å². The van der Waals surface area contributed by atoms with Crippen LogP contribution in [-0.2, 0) is 11.0 Å². The average Bonchev–Trinajstić information content (AvgIpc) is 2.29. The van der Waals surface area contributed by atoms with Crippen LogP contribution in [0.4, 0.5) is 0 Å². The Morgan fingerprint density at radius 2 is 2.09 bits per heavy atom. The van der Waals surface area contributed by atoms with E-state index in [1.807, 2.05) is 24.9 Å². The van der Waals surface area contributed by atoms with Crippen LogP contribution in [0, 0.1) is 0 Å². The molecule has 0 saturated carbocycles. The maximum Gasteiger partial charge on any atom is 0.113 e. The first-order valence-electron chi connectivity index (χ1n) is 3.85. The highest BCUT2D eigenvalue weighted by molar-refractivity contribution is 7.71. The molecule has 0 saturated heterocycles. The first-order valence-corrected chi connectivity index (χ1v) is 6.19. The van der Waals surface area contributed by atoms with Crippen molar-refractivity contribution in [2.75, 3.05) is 12.8 Å². The summed E-state index contributed by atoms with van der Waals surface area (Å²) in [6.45, 7) is 1.89. The SMILES string of the molecule is CP1(=O)CCc2ccccc21.